The van der Waals surface area contributed by atoms with Crippen LogP contribution in [0.4, 0.5) is 0 Å². The molecule has 0 amide bonds. The van der Waals surface area contributed by atoms with Crippen LogP contribution in [0.3, 0.4) is 0 Å². The van der Waals surface area contributed by atoms with Crippen molar-refractivity contribution >= 4 is 0 Å². The van der Waals surface area contributed by atoms with Crippen LogP contribution in [0.5, 0.6) is 0 Å². The summed E-state index contributed by atoms with van der Waals surface area (Å²) in [7, 11) is 0. The molecule has 0 unspecified atom stereocenters. The van der Waals surface area contributed by atoms with Gasteiger partial charge in [-0.3, -0.25) is 0 Å². The normalized spacial score (nSPS) is 17.4. The summed E-state index contributed by atoms with van der Waals surface area (Å²) in [5.74, 6) is 1.17. The third-order valence-corrected chi connectivity index (χ3v) is 1.75. The van der Waals surface area contributed by atoms with Gasteiger partial charge in [-0.2, -0.15) is 0 Å². The molecule has 0 atom stereocenters. The smallest absolute Gasteiger partial charge is 0.108 e. The third-order valence-electron chi connectivity index (χ3n) is 1.75. The predicted octanol–water partition coefficient (Wildman–Crippen LogP) is 3.04. The minimum Gasteiger partial charge on any atom is -0.494 e. The minimum atomic E-state index is 0.686. The lowest BCUT2D eigenvalue weighted by molar-refractivity contribution is 0.220. The first-order valence-corrected chi connectivity index (χ1v) is 4.25. The number of rotatable bonds is 3. The van der Waals surface area contributed by atoms with E-state index in [4.69, 9.17) is 4.74 Å². The Balaban J connectivity index is 2.24. The molecule has 0 aromatic rings. The third kappa shape index (κ3) is 3.26. The van der Waals surface area contributed by atoms with Gasteiger partial charge in [-0.25, -0.2) is 0 Å². The maximum absolute atomic E-state index is 5.51. The Morgan fingerprint density at radius 3 is 3.00 bits per heavy atom. The lowest BCUT2D eigenvalue weighted by Crippen LogP contribution is -1.99. The van der Waals surface area contributed by atoms with Crippen molar-refractivity contribution in [1.82, 2.24) is 0 Å². The molecule has 11 heavy (non-hydrogen) atoms. The van der Waals surface area contributed by atoms with Crippen LogP contribution in [0.15, 0.2) is 24.0 Å². The van der Waals surface area contributed by atoms with Crippen molar-refractivity contribution in [1.29, 1.82) is 0 Å². The Morgan fingerprint density at radius 1 is 1.64 bits per heavy atom. The van der Waals surface area contributed by atoms with Gasteiger partial charge in [0, 0.05) is 6.42 Å². The van der Waals surface area contributed by atoms with Crippen LogP contribution < -0.4 is 0 Å². The number of hydrogen-bond donors (Lipinski definition) is 0. The van der Waals surface area contributed by atoms with Crippen molar-refractivity contribution in [3.63, 3.8) is 0 Å². The maximum atomic E-state index is 5.51. The Morgan fingerprint density at radius 2 is 2.45 bits per heavy atom. The molecule has 0 spiro atoms. The van der Waals surface area contributed by atoms with Gasteiger partial charge in [-0.15, -0.1) is 0 Å². The van der Waals surface area contributed by atoms with E-state index in [0.717, 1.165) is 12.0 Å². The quantitative estimate of drug-likeness (QED) is 0.565. The Hall–Kier alpha value is -0.720. The summed E-state index contributed by atoms with van der Waals surface area (Å²) in [4.78, 5) is 0. The fourth-order valence-electron chi connectivity index (χ4n) is 1.16. The van der Waals surface area contributed by atoms with E-state index < -0.39 is 0 Å². The Bertz CT molecular complexity index is 168. The van der Waals surface area contributed by atoms with E-state index >= 15 is 0 Å². The largest absolute Gasteiger partial charge is 0.494 e. The summed E-state index contributed by atoms with van der Waals surface area (Å²) in [6.45, 7) is 6.46. The predicted molar refractivity (Wildman–Crippen MR) is 47.3 cm³/mol. The van der Waals surface area contributed by atoms with Gasteiger partial charge in [0.15, 0.2) is 0 Å². The molecule has 0 saturated heterocycles. The average molecular weight is 152 g/mol. The summed E-state index contributed by atoms with van der Waals surface area (Å²) in [6.07, 6.45) is 7.10. The molecular weight excluding hydrogens is 136 g/mol. The van der Waals surface area contributed by atoms with Crippen molar-refractivity contribution in [2.24, 2.45) is 0 Å². The molecule has 1 nitrogen and oxygen atoms in total. The molecule has 0 saturated carbocycles. The molecule has 1 rings (SSSR count). The molecule has 0 fully saturated rings. The van der Waals surface area contributed by atoms with Gasteiger partial charge in [0.1, 0.15) is 6.61 Å². The molecule has 0 heterocycles. The topological polar surface area (TPSA) is 9.23 Å². The highest BCUT2D eigenvalue weighted by Crippen LogP contribution is 2.18. The standard InChI is InChI=1S/C10H16O/c1-9(2)8-11-10-6-4-3-5-7-10/h6H,1,3-5,7-8H2,2H3. The zero-order valence-corrected chi connectivity index (χ0v) is 7.23. The molecule has 0 aromatic carbocycles. The molecule has 0 aliphatic heterocycles. The summed E-state index contributed by atoms with van der Waals surface area (Å²) >= 11 is 0. The first kappa shape index (κ1) is 8.38. The molecular formula is C10H16O. The highest BCUT2D eigenvalue weighted by molar-refractivity contribution is 4.99. The molecule has 0 aromatic heterocycles. The van der Waals surface area contributed by atoms with Crippen molar-refractivity contribution in [3.05, 3.63) is 24.0 Å². The van der Waals surface area contributed by atoms with Gasteiger partial charge in [-0.1, -0.05) is 6.58 Å². The molecule has 0 radical (unpaired) electrons. The molecule has 1 aliphatic rings. The Kier molecular flexibility index (Phi) is 3.21. The second-order valence-electron chi connectivity index (χ2n) is 3.16. The van der Waals surface area contributed by atoms with Crippen LogP contribution in [0.25, 0.3) is 0 Å². The number of hydrogen-bond acceptors (Lipinski definition) is 1. The van der Waals surface area contributed by atoms with Crippen molar-refractivity contribution in [3.8, 4) is 0 Å². The Labute approximate surface area is 68.8 Å². The summed E-state index contributed by atoms with van der Waals surface area (Å²) in [5, 5.41) is 0. The zero-order chi connectivity index (χ0) is 8.10. The van der Waals surface area contributed by atoms with E-state index in [2.05, 4.69) is 12.7 Å². The molecule has 0 bridgehead atoms. The highest BCUT2D eigenvalue weighted by Gasteiger charge is 2.03. The molecule has 0 N–H and O–H groups in total. The SMILES string of the molecule is C=C(C)COC1=CCCCC1. The molecule has 1 aliphatic carbocycles. The van der Waals surface area contributed by atoms with Crippen LogP contribution in [0, 0.1) is 0 Å². The minimum absolute atomic E-state index is 0.686. The monoisotopic (exact) mass is 152 g/mol. The summed E-state index contributed by atoms with van der Waals surface area (Å²) in [6, 6.07) is 0. The van der Waals surface area contributed by atoms with Gasteiger partial charge in [0.2, 0.25) is 0 Å². The van der Waals surface area contributed by atoms with Gasteiger partial charge < -0.3 is 4.74 Å². The van der Waals surface area contributed by atoms with E-state index in [1.807, 2.05) is 6.92 Å². The van der Waals surface area contributed by atoms with E-state index in [1.54, 1.807) is 0 Å². The van der Waals surface area contributed by atoms with Crippen LogP contribution >= 0.6 is 0 Å². The summed E-state index contributed by atoms with van der Waals surface area (Å²) in [5.41, 5.74) is 1.09. The zero-order valence-electron chi connectivity index (χ0n) is 7.23. The van der Waals surface area contributed by atoms with E-state index in [-0.39, 0.29) is 0 Å². The number of ether oxygens (including phenoxy) is 1. The lowest BCUT2D eigenvalue weighted by atomic mass is 10.1. The van der Waals surface area contributed by atoms with Crippen LogP contribution in [-0.4, -0.2) is 6.61 Å². The lowest BCUT2D eigenvalue weighted by Gasteiger charge is -2.13. The average Bonchev–Trinajstić information content (AvgIpc) is 2.03. The van der Waals surface area contributed by atoms with Gasteiger partial charge in [0.25, 0.3) is 0 Å². The van der Waals surface area contributed by atoms with Crippen molar-refractivity contribution in [2.75, 3.05) is 6.61 Å². The highest BCUT2D eigenvalue weighted by atomic mass is 16.5. The van der Waals surface area contributed by atoms with Crippen LogP contribution in [0.1, 0.15) is 32.6 Å². The van der Waals surface area contributed by atoms with E-state index in [9.17, 15) is 0 Å². The van der Waals surface area contributed by atoms with E-state index in [0.29, 0.717) is 6.61 Å². The fourth-order valence-corrected chi connectivity index (χ4v) is 1.16. The van der Waals surface area contributed by atoms with Gasteiger partial charge >= 0.3 is 0 Å². The number of allylic oxidation sites excluding steroid dienone is 2. The first-order chi connectivity index (χ1) is 5.29. The van der Waals surface area contributed by atoms with Crippen molar-refractivity contribution < 1.29 is 4.74 Å². The van der Waals surface area contributed by atoms with Gasteiger partial charge in [-0.05, 0) is 37.8 Å². The van der Waals surface area contributed by atoms with E-state index in [1.165, 1.54) is 25.0 Å². The van der Waals surface area contributed by atoms with Crippen LogP contribution in [0.2, 0.25) is 0 Å². The summed E-state index contributed by atoms with van der Waals surface area (Å²) < 4.78 is 5.51. The molecule has 1 heteroatoms. The van der Waals surface area contributed by atoms with Gasteiger partial charge in [0.05, 0.1) is 5.76 Å². The maximum Gasteiger partial charge on any atom is 0.108 e. The first-order valence-electron chi connectivity index (χ1n) is 4.25. The second kappa shape index (κ2) is 4.22. The van der Waals surface area contributed by atoms with Crippen LogP contribution in [-0.2, 0) is 4.74 Å². The molecule has 62 valence electrons. The van der Waals surface area contributed by atoms with Crippen molar-refractivity contribution in [2.45, 2.75) is 32.6 Å². The fraction of sp³-hybridized carbons (Fsp3) is 0.600. The second-order valence-corrected chi connectivity index (χ2v) is 3.16.